The summed E-state index contributed by atoms with van der Waals surface area (Å²) in [5.41, 5.74) is 0.0486. The second-order valence-electron chi connectivity index (χ2n) is 6.30. The summed E-state index contributed by atoms with van der Waals surface area (Å²) in [6.45, 7) is 6.51. The van der Waals surface area contributed by atoms with Crippen molar-refractivity contribution >= 4 is 29.6 Å². The Morgan fingerprint density at radius 1 is 1.35 bits per heavy atom. The molecule has 0 saturated carbocycles. The highest BCUT2D eigenvalue weighted by Crippen LogP contribution is 2.42. The quantitative estimate of drug-likeness (QED) is 0.558. The van der Waals surface area contributed by atoms with Gasteiger partial charge in [0.1, 0.15) is 23.3 Å². The Labute approximate surface area is 139 Å². The van der Waals surface area contributed by atoms with Crippen molar-refractivity contribution < 1.29 is 28.6 Å². The lowest BCUT2D eigenvalue weighted by Crippen LogP contribution is -2.65. The molecule has 2 atom stereocenters. The maximum absolute atomic E-state index is 12.5. The standard InChI is InChI=1S/C15H21NO6S/c1-8(17)21-6-9-7-23-13-11(20-5)12(18)16(13)10(9)14(19)22-15(2,3)4/h11,13H,6-7H2,1-5H3/t11-,13?/m1/s1. The van der Waals surface area contributed by atoms with Crippen LogP contribution in [0, 0.1) is 0 Å². The van der Waals surface area contributed by atoms with Crippen LogP contribution in [0.3, 0.4) is 0 Å². The Morgan fingerprint density at radius 2 is 2.00 bits per heavy atom. The van der Waals surface area contributed by atoms with Crippen molar-refractivity contribution in [3.63, 3.8) is 0 Å². The summed E-state index contributed by atoms with van der Waals surface area (Å²) in [6, 6.07) is 0. The number of carbonyl (C=O) groups excluding carboxylic acids is 3. The Kier molecular flexibility index (Phi) is 5.05. The molecule has 23 heavy (non-hydrogen) atoms. The first-order valence-electron chi connectivity index (χ1n) is 7.22. The fourth-order valence-corrected chi connectivity index (χ4v) is 3.70. The van der Waals surface area contributed by atoms with Crippen molar-refractivity contribution in [3.8, 4) is 0 Å². The smallest absolute Gasteiger partial charge is 0.355 e. The van der Waals surface area contributed by atoms with Crippen LogP contribution in [0.2, 0.25) is 0 Å². The van der Waals surface area contributed by atoms with Crippen molar-refractivity contribution in [2.24, 2.45) is 0 Å². The van der Waals surface area contributed by atoms with Crippen molar-refractivity contribution in [2.75, 3.05) is 19.5 Å². The van der Waals surface area contributed by atoms with Gasteiger partial charge in [-0.15, -0.1) is 11.8 Å². The monoisotopic (exact) mass is 343 g/mol. The molecule has 8 heteroatoms. The average molecular weight is 343 g/mol. The molecule has 1 unspecified atom stereocenters. The Bertz CT molecular complexity index is 565. The van der Waals surface area contributed by atoms with Gasteiger partial charge in [-0.2, -0.15) is 0 Å². The third-order valence-electron chi connectivity index (χ3n) is 3.29. The van der Waals surface area contributed by atoms with Gasteiger partial charge in [0, 0.05) is 25.4 Å². The van der Waals surface area contributed by atoms with Crippen LogP contribution in [-0.4, -0.2) is 59.3 Å². The fraction of sp³-hybridized carbons (Fsp3) is 0.667. The summed E-state index contributed by atoms with van der Waals surface area (Å²) < 4.78 is 15.6. The zero-order valence-electron chi connectivity index (χ0n) is 13.9. The van der Waals surface area contributed by atoms with Crippen LogP contribution in [0.25, 0.3) is 0 Å². The van der Waals surface area contributed by atoms with E-state index in [2.05, 4.69) is 0 Å². The van der Waals surface area contributed by atoms with Crippen LogP contribution in [-0.2, 0) is 28.6 Å². The Morgan fingerprint density at radius 3 is 2.52 bits per heavy atom. The van der Waals surface area contributed by atoms with Gasteiger partial charge in [-0.05, 0) is 20.8 Å². The SMILES string of the molecule is CO[C@@H]1C(=O)N2C(C(=O)OC(C)(C)C)=C(COC(C)=O)CSC12. The molecule has 0 radical (unpaired) electrons. The molecule has 1 amide bonds. The van der Waals surface area contributed by atoms with Crippen molar-refractivity contribution in [3.05, 3.63) is 11.3 Å². The zero-order chi connectivity index (χ0) is 17.4. The van der Waals surface area contributed by atoms with E-state index in [1.807, 2.05) is 0 Å². The average Bonchev–Trinajstić information content (AvgIpc) is 2.42. The first kappa shape index (κ1) is 17.8. The van der Waals surface area contributed by atoms with Gasteiger partial charge in [0.25, 0.3) is 5.91 Å². The lowest BCUT2D eigenvalue weighted by Gasteiger charge is -2.49. The van der Waals surface area contributed by atoms with E-state index < -0.39 is 23.6 Å². The molecule has 2 aliphatic rings. The number of β-lactam (4-membered cyclic amide) rings is 1. The number of ether oxygens (including phenoxy) is 3. The van der Waals surface area contributed by atoms with E-state index in [1.54, 1.807) is 20.8 Å². The number of amides is 1. The minimum atomic E-state index is -0.689. The van der Waals surface area contributed by atoms with Crippen molar-refractivity contribution in [2.45, 2.75) is 44.8 Å². The van der Waals surface area contributed by atoms with Gasteiger partial charge < -0.3 is 14.2 Å². The molecule has 128 valence electrons. The highest BCUT2D eigenvalue weighted by molar-refractivity contribution is 8.00. The lowest BCUT2D eigenvalue weighted by molar-refractivity contribution is -0.167. The summed E-state index contributed by atoms with van der Waals surface area (Å²) in [4.78, 5) is 37.2. The third-order valence-corrected chi connectivity index (χ3v) is 4.61. The van der Waals surface area contributed by atoms with Gasteiger partial charge in [0.15, 0.2) is 6.10 Å². The summed E-state index contributed by atoms with van der Waals surface area (Å²) in [6.07, 6.45) is -0.562. The molecule has 0 spiro atoms. The van der Waals surface area contributed by atoms with Crippen LogP contribution < -0.4 is 0 Å². The zero-order valence-corrected chi connectivity index (χ0v) is 14.7. The highest BCUT2D eigenvalue weighted by Gasteiger charge is 2.54. The van der Waals surface area contributed by atoms with E-state index in [-0.39, 0.29) is 23.6 Å². The predicted molar refractivity (Wildman–Crippen MR) is 83.4 cm³/mol. The van der Waals surface area contributed by atoms with E-state index >= 15 is 0 Å². The third kappa shape index (κ3) is 3.69. The fourth-order valence-electron chi connectivity index (χ4n) is 2.35. The molecule has 2 rings (SSSR count). The number of esters is 2. The number of fused-ring (bicyclic) bond motifs is 1. The molecule has 1 fully saturated rings. The number of carbonyl (C=O) groups is 3. The number of hydrogen-bond donors (Lipinski definition) is 0. The van der Waals surface area contributed by atoms with Gasteiger partial charge >= 0.3 is 11.9 Å². The molecule has 0 aromatic carbocycles. The summed E-state index contributed by atoms with van der Waals surface area (Å²) in [5, 5.41) is -0.254. The molecule has 0 aromatic rings. The molecule has 0 aliphatic carbocycles. The molecule has 0 aromatic heterocycles. The van der Waals surface area contributed by atoms with Crippen LogP contribution in [0.1, 0.15) is 27.7 Å². The first-order chi connectivity index (χ1) is 10.7. The van der Waals surface area contributed by atoms with Crippen LogP contribution in [0.15, 0.2) is 11.3 Å². The van der Waals surface area contributed by atoms with Crippen molar-refractivity contribution in [1.82, 2.24) is 4.90 Å². The van der Waals surface area contributed by atoms with Gasteiger partial charge in [-0.3, -0.25) is 14.5 Å². The molecule has 2 heterocycles. The van der Waals surface area contributed by atoms with Gasteiger partial charge in [-0.1, -0.05) is 0 Å². The normalized spacial score (nSPS) is 24.0. The number of nitrogens with zero attached hydrogens (tertiary/aromatic N) is 1. The number of hydrogen-bond acceptors (Lipinski definition) is 7. The maximum Gasteiger partial charge on any atom is 0.355 e. The number of rotatable bonds is 4. The first-order valence-corrected chi connectivity index (χ1v) is 8.27. The van der Waals surface area contributed by atoms with Gasteiger partial charge in [0.2, 0.25) is 0 Å². The molecule has 0 bridgehead atoms. The topological polar surface area (TPSA) is 82.1 Å². The highest BCUT2D eigenvalue weighted by atomic mass is 32.2. The Hall–Kier alpha value is -1.54. The molecule has 0 N–H and O–H groups in total. The van der Waals surface area contributed by atoms with Crippen LogP contribution >= 0.6 is 11.8 Å². The van der Waals surface area contributed by atoms with Crippen LogP contribution in [0.4, 0.5) is 0 Å². The molecule has 1 saturated heterocycles. The molecule has 7 nitrogen and oxygen atoms in total. The number of methoxy groups -OCH3 is 1. The molecule has 2 aliphatic heterocycles. The largest absolute Gasteiger partial charge is 0.461 e. The van der Waals surface area contributed by atoms with Gasteiger partial charge in [-0.25, -0.2) is 4.79 Å². The maximum atomic E-state index is 12.5. The second kappa shape index (κ2) is 6.52. The van der Waals surface area contributed by atoms with Crippen LogP contribution in [0.5, 0.6) is 0 Å². The van der Waals surface area contributed by atoms with E-state index in [0.29, 0.717) is 11.3 Å². The van der Waals surface area contributed by atoms with E-state index in [4.69, 9.17) is 14.2 Å². The second-order valence-corrected chi connectivity index (χ2v) is 7.41. The minimum absolute atomic E-state index is 0.0366. The van der Waals surface area contributed by atoms with E-state index in [1.165, 1.54) is 30.7 Å². The molecular weight excluding hydrogens is 322 g/mol. The summed E-state index contributed by atoms with van der Waals surface area (Å²) >= 11 is 1.47. The van der Waals surface area contributed by atoms with E-state index in [0.717, 1.165) is 0 Å². The minimum Gasteiger partial charge on any atom is -0.461 e. The summed E-state index contributed by atoms with van der Waals surface area (Å²) in [5.74, 6) is -0.854. The number of thioether (sulfide) groups is 1. The van der Waals surface area contributed by atoms with Gasteiger partial charge in [0.05, 0.1) is 0 Å². The van der Waals surface area contributed by atoms with E-state index in [9.17, 15) is 14.4 Å². The molecular formula is C15H21NO6S. The lowest BCUT2D eigenvalue weighted by atomic mass is 10.1. The predicted octanol–water partition coefficient (Wildman–Crippen LogP) is 1.08. The Balaban J connectivity index is 2.31. The van der Waals surface area contributed by atoms with Crippen molar-refractivity contribution in [1.29, 1.82) is 0 Å². The summed E-state index contributed by atoms with van der Waals surface area (Å²) in [7, 11) is 1.46.